The smallest absolute Gasteiger partial charge is 0.251 e. The molecule has 176 valence electrons. The summed E-state index contributed by atoms with van der Waals surface area (Å²) in [6.07, 6.45) is 2.06. The normalized spacial score (nSPS) is 27.6. The van der Waals surface area contributed by atoms with Crippen LogP contribution in [0.3, 0.4) is 0 Å². The van der Waals surface area contributed by atoms with Crippen molar-refractivity contribution >= 4 is 29.0 Å². The molecule has 0 aromatic heterocycles. The largest absolute Gasteiger partial charge is 0.392 e. The summed E-state index contributed by atoms with van der Waals surface area (Å²) in [5, 5.41) is 38.4. The molecule has 2 unspecified atom stereocenters. The summed E-state index contributed by atoms with van der Waals surface area (Å²) >= 11 is 5.97. The zero-order chi connectivity index (χ0) is 24.4. The number of hydrogen-bond acceptors (Lipinski definition) is 6. The Labute approximate surface area is 198 Å². The average Bonchev–Trinajstić information content (AvgIpc) is 2.77. The highest BCUT2D eigenvalue weighted by atomic mass is 35.5. The summed E-state index contributed by atoms with van der Waals surface area (Å²) in [6, 6.07) is 13.4. The maximum Gasteiger partial charge on any atom is 0.251 e. The molecule has 3 rings (SSSR count). The molecule has 8 heteroatoms. The summed E-state index contributed by atoms with van der Waals surface area (Å²) in [7, 11) is 0. The van der Waals surface area contributed by atoms with E-state index in [-0.39, 0.29) is 12.5 Å². The van der Waals surface area contributed by atoms with Crippen LogP contribution in [-0.4, -0.2) is 51.0 Å². The monoisotopic (exact) mass is 472 g/mol. The van der Waals surface area contributed by atoms with Gasteiger partial charge >= 0.3 is 0 Å². The first kappa shape index (κ1) is 24.9. The Bertz CT molecular complexity index is 1040. The third kappa shape index (κ3) is 5.28. The zero-order valence-electron chi connectivity index (χ0n) is 18.7. The molecule has 2 aromatic rings. The lowest BCUT2D eigenvalue weighted by Gasteiger charge is -2.47. The number of carbonyl (C=O) groups is 2. The van der Waals surface area contributed by atoms with E-state index in [1.165, 1.54) is 19.1 Å². The summed E-state index contributed by atoms with van der Waals surface area (Å²) < 4.78 is 0. The van der Waals surface area contributed by atoms with Crippen molar-refractivity contribution in [3.05, 3.63) is 76.8 Å². The van der Waals surface area contributed by atoms with Crippen LogP contribution in [0.1, 0.15) is 42.6 Å². The van der Waals surface area contributed by atoms with Crippen LogP contribution in [0.2, 0.25) is 5.02 Å². The standard InChI is InChI=1S/C25H29ClN2O5/c1-15(29)14-27-23(31)19-6-4-18(5-7-19)22-16(2)24(32,17(3)30)12-13-25(22,33)28-21-10-8-20(26)9-11-21/h4-13,15-16,22,28-29,32-33H,14H2,1-3H3,(H,27,31)/t15?,16-,22?,24+,25+/m0/s1. The van der Waals surface area contributed by atoms with E-state index in [1.807, 2.05) is 0 Å². The second-order valence-corrected chi connectivity index (χ2v) is 9.06. The SMILES string of the molecule is CC(=O)[C@@]1(O)C=C[C@](O)(Nc2ccc(Cl)cc2)C(c2ccc(C(=O)NCC(C)O)cc2)[C@@H]1C. The van der Waals surface area contributed by atoms with Crippen molar-refractivity contribution in [2.75, 3.05) is 11.9 Å². The maximum atomic E-state index is 12.3. The summed E-state index contributed by atoms with van der Waals surface area (Å²) in [4.78, 5) is 24.6. The third-order valence-electron chi connectivity index (χ3n) is 6.10. The molecule has 7 nitrogen and oxygen atoms in total. The molecule has 0 spiro atoms. The van der Waals surface area contributed by atoms with E-state index in [0.29, 0.717) is 21.8 Å². The van der Waals surface area contributed by atoms with Crippen LogP contribution in [0.5, 0.6) is 0 Å². The Hall–Kier alpha value is -2.71. The number of rotatable bonds is 7. The first-order valence-corrected chi connectivity index (χ1v) is 11.1. The highest BCUT2D eigenvalue weighted by Gasteiger charge is 2.52. The van der Waals surface area contributed by atoms with Crippen molar-refractivity contribution in [1.29, 1.82) is 0 Å². The molecule has 1 amide bonds. The van der Waals surface area contributed by atoms with Crippen molar-refractivity contribution < 1.29 is 24.9 Å². The minimum atomic E-state index is -1.76. The Kier molecular flexibility index (Phi) is 7.29. The molecule has 0 bridgehead atoms. The number of hydrogen-bond donors (Lipinski definition) is 5. The molecule has 5 N–H and O–H groups in total. The topological polar surface area (TPSA) is 119 Å². The Morgan fingerprint density at radius 3 is 2.21 bits per heavy atom. The number of nitrogens with one attached hydrogen (secondary N) is 2. The van der Waals surface area contributed by atoms with Gasteiger partial charge in [-0.2, -0.15) is 0 Å². The van der Waals surface area contributed by atoms with E-state index in [2.05, 4.69) is 10.6 Å². The quantitative estimate of drug-likeness (QED) is 0.312. The second-order valence-electron chi connectivity index (χ2n) is 8.62. The number of ketones is 1. The number of carbonyl (C=O) groups excluding carboxylic acids is 2. The summed E-state index contributed by atoms with van der Waals surface area (Å²) in [5.41, 5.74) is -1.78. The van der Waals surface area contributed by atoms with Gasteiger partial charge in [-0.25, -0.2) is 0 Å². The van der Waals surface area contributed by atoms with Gasteiger partial charge in [-0.15, -0.1) is 0 Å². The van der Waals surface area contributed by atoms with E-state index >= 15 is 0 Å². The van der Waals surface area contributed by atoms with Gasteiger partial charge in [0.05, 0.1) is 6.10 Å². The highest BCUT2D eigenvalue weighted by Crippen LogP contribution is 2.46. The van der Waals surface area contributed by atoms with E-state index < -0.39 is 35.0 Å². The number of aliphatic hydroxyl groups excluding tert-OH is 1. The summed E-state index contributed by atoms with van der Waals surface area (Å²) in [5.74, 6) is -2.20. The zero-order valence-corrected chi connectivity index (χ0v) is 19.5. The average molecular weight is 473 g/mol. The Morgan fingerprint density at radius 1 is 1.06 bits per heavy atom. The minimum Gasteiger partial charge on any atom is -0.392 e. The van der Waals surface area contributed by atoms with E-state index in [4.69, 9.17) is 11.6 Å². The Balaban J connectivity index is 1.98. The lowest BCUT2D eigenvalue weighted by Crippen LogP contribution is -2.56. The van der Waals surface area contributed by atoms with E-state index in [1.54, 1.807) is 62.4 Å². The van der Waals surface area contributed by atoms with E-state index in [0.717, 1.165) is 0 Å². The van der Waals surface area contributed by atoms with Gasteiger partial charge in [-0.3, -0.25) is 9.59 Å². The van der Waals surface area contributed by atoms with Gasteiger partial charge in [0.1, 0.15) is 5.60 Å². The molecular formula is C25H29ClN2O5. The van der Waals surface area contributed by atoms with Crippen LogP contribution in [0.25, 0.3) is 0 Å². The van der Waals surface area contributed by atoms with Crippen molar-refractivity contribution in [2.45, 2.75) is 44.1 Å². The molecule has 0 heterocycles. The molecule has 0 fully saturated rings. The van der Waals surface area contributed by atoms with Crippen LogP contribution < -0.4 is 10.6 Å². The number of benzene rings is 2. The van der Waals surface area contributed by atoms with Gasteiger partial charge < -0.3 is 26.0 Å². The number of amides is 1. The molecule has 1 aliphatic rings. The van der Waals surface area contributed by atoms with Crippen LogP contribution >= 0.6 is 11.6 Å². The molecule has 2 aromatic carbocycles. The predicted octanol–water partition coefficient (Wildman–Crippen LogP) is 2.86. The maximum absolute atomic E-state index is 12.3. The van der Waals surface area contributed by atoms with Gasteiger partial charge in [0.25, 0.3) is 5.91 Å². The van der Waals surface area contributed by atoms with Crippen LogP contribution in [0, 0.1) is 5.92 Å². The molecule has 0 saturated heterocycles. The molecule has 0 saturated carbocycles. The van der Waals surface area contributed by atoms with Gasteiger partial charge in [0.15, 0.2) is 11.5 Å². The molecule has 0 radical (unpaired) electrons. The van der Waals surface area contributed by atoms with Crippen LogP contribution in [0.4, 0.5) is 5.69 Å². The van der Waals surface area contributed by atoms with Gasteiger partial charge in [0.2, 0.25) is 0 Å². The minimum absolute atomic E-state index is 0.126. The molecule has 33 heavy (non-hydrogen) atoms. The van der Waals surface area contributed by atoms with Crippen molar-refractivity contribution in [3.8, 4) is 0 Å². The first-order valence-electron chi connectivity index (χ1n) is 10.7. The Morgan fingerprint density at radius 2 is 1.67 bits per heavy atom. The second kappa shape index (κ2) is 9.65. The van der Waals surface area contributed by atoms with Crippen molar-refractivity contribution in [2.24, 2.45) is 5.92 Å². The molecule has 5 atom stereocenters. The highest BCUT2D eigenvalue weighted by molar-refractivity contribution is 6.30. The number of aliphatic hydroxyl groups is 3. The predicted molar refractivity (Wildman–Crippen MR) is 127 cm³/mol. The summed E-state index contributed by atoms with van der Waals surface area (Å²) in [6.45, 7) is 4.71. The van der Waals surface area contributed by atoms with Gasteiger partial charge in [0, 0.05) is 34.7 Å². The molecule has 0 aliphatic heterocycles. The lowest BCUT2D eigenvalue weighted by atomic mass is 9.65. The lowest BCUT2D eigenvalue weighted by molar-refractivity contribution is -0.138. The fourth-order valence-electron chi connectivity index (χ4n) is 4.19. The van der Waals surface area contributed by atoms with Crippen LogP contribution in [0.15, 0.2) is 60.7 Å². The number of halogens is 1. The van der Waals surface area contributed by atoms with Crippen molar-refractivity contribution in [3.63, 3.8) is 0 Å². The van der Waals surface area contributed by atoms with Crippen molar-refractivity contribution in [1.82, 2.24) is 5.32 Å². The van der Waals surface area contributed by atoms with Crippen LogP contribution in [-0.2, 0) is 4.79 Å². The van der Waals surface area contributed by atoms with E-state index in [9.17, 15) is 24.9 Å². The molecule has 1 aliphatic carbocycles. The number of anilines is 1. The fourth-order valence-corrected chi connectivity index (χ4v) is 4.32. The number of Topliss-reactive ketones (excluding diaryl/α,β-unsaturated/α-hetero) is 1. The fraction of sp³-hybridized carbons (Fsp3) is 0.360. The third-order valence-corrected chi connectivity index (χ3v) is 6.35. The molecular weight excluding hydrogens is 444 g/mol. The van der Waals surface area contributed by atoms with Gasteiger partial charge in [-0.1, -0.05) is 30.7 Å². The first-order chi connectivity index (χ1) is 15.5. The van der Waals surface area contributed by atoms with Gasteiger partial charge in [-0.05, 0) is 68.0 Å².